The highest BCUT2D eigenvalue weighted by Gasteiger charge is 2.26. The van der Waals surface area contributed by atoms with Crippen LogP contribution in [0.15, 0.2) is 5.16 Å². The largest absolute Gasteiger partial charge is 0.481 e. The summed E-state index contributed by atoms with van der Waals surface area (Å²) < 4.78 is 1.77. The Kier molecular flexibility index (Phi) is 4.07. The van der Waals surface area contributed by atoms with Gasteiger partial charge < -0.3 is 15.7 Å². The number of carboxylic acids is 1. The molecule has 1 aromatic rings. The van der Waals surface area contributed by atoms with Gasteiger partial charge in [-0.05, 0) is 19.9 Å². The summed E-state index contributed by atoms with van der Waals surface area (Å²) in [6, 6.07) is 0.692. The molecular weight excluding hydrogens is 254 g/mol. The van der Waals surface area contributed by atoms with Crippen molar-refractivity contribution in [2.75, 3.05) is 25.1 Å². The molecule has 0 aromatic carbocycles. The molecule has 0 radical (unpaired) electrons. The highest BCUT2D eigenvalue weighted by Crippen LogP contribution is 2.25. The van der Waals surface area contributed by atoms with Crippen molar-refractivity contribution in [1.29, 1.82) is 0 Å². The molecule has 1 saturated carbocycles. The van der Waals surface area contributed by atoms with Crippen LogP contribution in [-0.4, -0.2) is 56.1 Å². The number of anilines is 1. The molecule has 1 heterocycles. The second-order valence-electron chi connectivity index (χ2n) is 4.39. The quantitative estimate of drug-likeness (QED) is 0.680. The molecule has 0 spiro atoms. The van der Waals surface area contributed by atoms with Crippen LogP contribution >= 0.6 is 11.8 Å². The molecule has 8 heteroatoms. The summed E-state index contributed by atoms with van der Waals surface area (Å²) in [6.07, 6.45) is 2.52. The number of aromatic nitrogens is 3. The van der Waals surface area contributed by atoms with Crippen LogP contribution in [0.2, 0.25) is 0 Å². The summed E-state index contributed by atoms with van der Waals surface area (Å²) in [5.74, 6) is -0.563. The lowest BCUT2D eigenvalue weighted by atomic mass is 10.5. The van der Waals surface area contributed by atoms with Crippen LogP contribution in [0, 0.1) is 0 Å². The van der Waals surface area contributed by atoms with Crippen LogP contribution in [0.1, 0.15) is 12.8 Å². The van der Waals surface area contributed by atoms with Crippen molar-refractivity contribution >= 4 is 23.7 Å². The van der Waals surface area contributed by atoms with Gasteiger partial charge in [-0.1, -0.05) is 11.8 Å². The van der Waals surface area contributed by atoms with Gasteiger partial charge in [0.2, 0.25) is 5.95 Å². The smallest absolute Gasteiger partial charge is 0.313 e. The van der Waals surface area contributed by atoms with Gasteiger partial charge in [0.05, 0.1) is 5.75 Å². The van der Waals surface area contributed by atoms with Gasteiger partial charge in [-0.15, -0.1) is 10.2 Å². The third-order valence-electron chi connectivity index (χ3n) is 2.92. The first-order chi connectivity index (χ1) is 8.58. The molecule has 18 heavy (non-hydrogen) atoms. The maximum Gasteiger partial charge on any atom is 0.313 e. The van der Waals surface area contributed by atoms with Crippen molar-refractivity contribution < 1.29 is 9.90 Å². The molecule has 100 valence electrons. The van der Waals surface area contributed by atoms with Crippen LogP contribution in [0.25, 0.3) is 0 Å². The summed E-state index contributed by atoms with van der Waals surface area (Å²) in [4.78, 5) is 12.8. The Hall–Kier alpha value is -1.28. The highest BCUT2D eigenvalue weighted by atomic mass is 32.2. The van der Waals surface area contributed by atoms with Crippen molar-refractivity contribution in [2.24, 2.45) is 0 Å². The second kappa shape index (κ2) is 5.57. The van der Waals surface area contributed by atoms with E-state index in [0.717, 1.165) is 18.3 Å². The van der Waals surface area contributed by atoms with Gasteiger partial charge >= 0.3 is 5.97 Å². The standard InChI is InChI=1S/C10H17N5O2S/c1-14(7-2-3-7)4-5-15-9(11)12-13-10(15)18-6-8(16)17/h7H,2-6H2,1H3,(H2,11,12)(H,16,17). The first-order valence-corrected chi connectivity index (χ1v) is 6.80. The fourth-order valence-corrected chi connectivity index (χ4v) is 2.39. The fraction of sp³-hybridized carbons (Fsp3) is 0.700. The Balaban J connectivity index is 1.92. The summed E-state index contributed by atoms with van der Waals surface area (Å²) in [5.41, 5.74) is 5.74. The maximum atomic E-state index is 10.5. The van der Waals surface area contributed by atoms with E-state index in [9.17, 15) is 4.79 Å². The molecule has 2 rings (SSSR count). The average Bonchev–Trinajstić information content (AvgIpc) is 3.10. The molecule has 0 unspecified atom stereocenters. The third-order valence-corrected chi connectivity index (χ3v) is 3.87. The predicted molar refractivity (Wildman–Crippen MR) is 68.4 cm³/mol. The number of thioether (sulfide) groups is 1. The molecule has 0 atom stereocenters. The molecule has 1 aliphatic carbocycles. The molecule has 1 fully saturated rings. The number of nitrogen functional groups attached to an aromatic ring is 1. The third kappa shape index (κ3) is 3.36. The molecule has 7 nitrogen and oxygen atoms in total. The zero-order valence-corrected chi connectivity index (χ0v) is 11.1. The van der Waals surface area contributed by atoms with E-state index in [1.807, 2.05) is 0 Å². The first-order valence-electron chi connectivity index (χ1n) is 5.81. The average molecular weight is 271 g/mol. The summed E-state index contributed by atoms with van der Waals surface area (Å²) >= 11 is 1.14. The van der Waals surface area contributed by atoms with E-state index < -0.39 is 5.97 Å². The minimum absolute atomic E-state index is 0.0312. The van der Waals surface area contributed by atoms with Gasteiger partial charge in [0, 0.05) is 19.1 Å². The van der Waals surface area contributed by atoms with Crippen LogP contribution < -0.4 is 5.73 Å². The number of carbonyl (C=O) groups is 1. The van der Waals surface area contributed by atoms with Crippen LogP contribution in [-0.2, 0) is 11.3 Å². The minimum Gasteiger partial charge on any atom is -0.481 e. The van der Waals surface area contributed by atoms with Crippen LogP contribution in [0.4, 0.5) is 5.95 Å². The Bertz CT molecular complexity index is 432. The monoisotopic (exact) mass is 271 g/mol. The Morgan fingerprint density at radius 1 is 1.61 bits per heavy atom. The normalized spacial score (nSPS) is 15.2. The number of nitrogens with two attached hydrogens (primary N) is 1. The zero-order valence-electron chi connectivity index (χ0n) is 10.2. The number of hydrogen-bond acceptors (Lipinski definition) is 6. The lowest BCUT2D eigenvalue weighted by Crippen LogP contribution is -2.26. The van der Waals surface area contributed by atoms with E-state index in [2.05, 4.69) is 22.1 Å². The summed E-state index contributed by atoms with van der Waals surface area (Å²) in [7, 11) is 2.09. The predicted octanol–water partition coefficient (Wildman–Crippen LogP) is 0.131. The first kappa shape index (κ1) is 13.2. The van der Waals surface area contributed by atoms with Gasteiger partial charge in [0.15, 0.2) is 5.16 Å². The molecular formula is C10H17N5O2S. The summed E-state index contributed by atoms with van der Waals surface area (Å²) in [6.45, 7) is 1.56. The van der Waals surface area contributed by atoms with Crippen molar-refractivity contribution in [3.05, 3.63) is 0 Å². The van der Waals surface area contributed by atoms with Gasteiger partial charge in [-0.3, -0.25) is 9.36 Å². The van der Waals surface area contributed by atoms with Crippen molar-refractivity contribution in [1.82, 2.24) is 19.7 Å². The maximum absolute atomic E-state index is 10.5. The Labute approximate surface area is 109 Å². The fourth-order valence-electron chi connectivity index (χ4n) is 1.70. The van der Waals surface area contributed by atoms with E-state index in [0.29, 0.717) is 23.7 Å². The molecule has 0 amide bonds. The van der Waals surface area contributed by atoms with E-state index in [1.54, 1.807) is 4.57 Å². The van der Waals surface area contributed by atoms with E-state index in [-0.39, 0.29) is 5.75 Å². The van der Waals surface area contributed by atoms with Crippen molar-refractivity contribution in [3.8, 4) is 0 Å². The summed E-state index contributed by atoms with van der Waals surface area (Å²) in [5, 5.41) is 16.9. The van der Waals surface area contributed by atoms with Crippen LogP contribution in [0.3, 0.4) is 0 Å². The minimum atomic E-state index is -0.872. The van der Waals surface area contributed by atoms with Crippen LogP contribution in [0.5, 0.6) is 0 Å². The van der Waals surface area contributed by atoms with Gasteiger partial charge in [0.1, 0.15) is 0 Å². The van der Waals surface area contributed by atoms with E-state index in [1.165, 1.54) is 12.8 Å². The number of hydrogen-bond donors (Lipinski definition) is 2. The number of rotatable bonds is 7. The van der Waals surface area contributed by atoms with Gasteiger partial charge in [-0.25, -0.2) is 0 Å². The number of likely N-dealkylation sites (N-methyl/N-ethyl adjacent to an activating group) is 1. The molecule has 0 saturated heterocycles. The lowest BCUT2D eigenvalue weighted by molar-refractivity contribution is -0.133. The van der Waals surface area contributed by atoms with E-state index >= 15 is 0 Å². The number of carboxylic acid groups (broad SMARTS) is 1. The highest BCUT2D eigenvalue weighted by molar-refractivity contribution is 7.99. The number of nitrogens with zero attached hydrogens (tertiary/aromatic N) is 4. The molecule has 1 aromatic heterocycles. The van der Waals surface area contributed by atoms with Crippen molar-refractivity contribution in [3.63, 3.8) is 0 Å². The molecule has 0 aliphatic heterocycles. The lowest BCUT2D eigenvalue weighted by Gasteiger charge is -2.16. The molecule has 1 aliphatic rings. The molecule has 0 bridgehead atoms. The number of aliphatic carboxylic acids is 1. The Morgan fingerprint density at radius 3 is 2.94 bits per heavy atom. The van der Waals surface area contributed by atoms with Crippen molar-refractivity contribution in [2.45, 2.75) is 30.6 Å². The molecule has 3 N–H and O–H groups in total. The van der Waals surface area contributed by atoms with Gasteiger partial charge in [0.25, 0.3) is 0 Å². The SMILES string of the molecule is CN(CCn1c(N)nnc1SCC(=O)O)C1CC1. The second-order valence-corrected chi connectivity index (χ2v) is 5.33. The topological polar surface area (TPSA) is 97.3 Å². The van der Waals surface area contributed by atoms with Gasteiger partial charge in [-0.2, -0.15) is 0 Å². The van der Waals surface area contributed by atoms with E-state index in [4.69, 9.17) is 10.8 Å². The zero-order chi connectivity index (χ0) is 13.1. The Morgan fingerprint density at radius 2 is 2.33 bits per heavy atom.